The molecule has 25 heavy (non-hydrogen) atoms. The topological polar surface area (TPSA) is 90.9 Å². The molecule has 0 amide bonds. The van der Waals surface area contributed by atoms with Crippen molar-refractivity contribution in [2.45, 2.75) is 11.4 Å². The molecule has 1 N–H and O–H groups in total. The Kier molecular flexibility index (Phi) is 6.00. The largest absolute Gasteiger partial charge is 0.497 e. The molecule has 0 saturated carbocycles. The molecular formula is C17H19NO6S. The fraction of sp³-hybridized carbons (Fsp3) is 0.235. The highest BCUT2D eigenvalue weighted by molar-refractivity contribution is 7.89. The summed E-state index contributed by atoms with van der Waals surface area (Å²) in [4.78, 5) is 11.4. The molecule has 2 rings (SSSR count). The molecule has 0 bridgehead atoms. The number of carbonyl (C=O) groups excluding carboxylic acids is 1. The van der Waals surface area contributed by atoms with Gasteiger partial charge in [0.2, 0.25) is 10.0 Å². The number of hydrogen-bond donors (Lipinski definition) is 1. The molecule has 0 heterocycles. The maximum absolute atomic E-state index is 12.6. The van der Waals surface area contributed by atoms with Crippen LogP contribution in [0.4, 0.5) is 0 Å². The van der Waals surface area contributed by atoms with Gasteiger partial charge >= 0.3 is 5.97 Å². The quantitative estimate of drug-likeness (QED) is 0.755. The highest BCUT2D eigenvalue weighted by Crippen LogP contribution is 2.28. The van der Waals surface area contributed by atoms with Gasteiger partial charge in [0.1, 0.15) is 16.4 Å². The van der Waals surface area contributed by atoms with Gasteiger partial charge in [-0.15, -0.1) is 0 Å². The second-order valence-electron chi connectivity index (χ2n) is 5.03. The summed E-state index contributed by atoms with van der Waals surface area (Å²) in [5.41, 5.74) is 1.08. The van der Waals surface area contributed by atoms with Crippen molar-refractivity contribution in [1.82, 2.24) is 4.72 Å². The van der Waals surface area contributed by atoms with Gasteiger partial charge in [-0.05, 0) is 29.8 Å². The van der Waals surface area contributed by atoms with Crippen LogP contribution in [0.15, 0.2) is 47.4 Å². The van der Waals surface area contributed by atoms with E-state index in [9.17, 15) is 13.2 Å². The minimum Gasteiger partial charge on any atom is -0.497 e. The lowest BCUT2D eigenvalue weighted by molar-refractivity contribution is 0.0600. The van der Waals surface area contributed by atoms with E-state index in [4.69, 9.17) is 9.47 Å². The van der Waals surface area contributed by atoms with Crippen molar-refractivity contribution in [3.05, 3.63) is 53.6 Å². The first-order valence-electron chi connectivity index (χ1n) is 7.30. The molecular weight excluding hydrogens is 346 g/mol. The van der Waals surface area contributed by atoms with Gasteiger partial charge in [-0.3, -0.25) is 0 Å². The van der Waals surface area contributed by atoms with Crippen molar-refractivity contribution in [2.75, 3.05) is 21.3 Å². The van der Waals surface area contributed by atoms with Crippen molar-refractivity contribution in [3.8, 4) is 11.5 Å². The Labute approximate surface area is 146 Å². The Balaban J connectivity index is 2.18. The van der Waals surface area contributed by atoms with Crippen LogP contribution in [0, 0.1) is 0 Å². The predicted molar refractivity (Wildman–Crippen MR) is 91.4 cm³/mol. The van der Waals surface area contributed by atoms with Crippen LogP contribution in [-0.4, -0.2) is 35.7 Å². The lowest BCUT2D eigenvalue weighted by Gasteiger charge is -2.12. The smallest absolute Gasteiger partial charge is 0.337 e. The van der Waals surface area contributed by atoms with Gasteiger partial charge in [0, 0.05) is 12.6 Å². The Morgan fingerprint density at radius 1 is 1.00 bits per heavy atom. The van der Waals surface area contributed by atoms with Gasteiger partial charge in [0.05, 0.1) is 26.9 Å². The van der Waals surface area contributed by atoms with Crippen LogP contribution in [0.1, 0.15) is 15.9 Å². The molecule has 0 radical (unpaired) electrons. The van der Waals surface area contributed by atoms with Crippen LogP contribution in [0.25, 0.3) is 0 Å². The average Bonchev–Trinajstić information content (AvgIpc) is 2.65. The summed E-state index contributed by atoms with van der Waals surface area (Å²) in [6.07, 6.45) is 0. The first-order chi connectivity index (χ1) is 11.9. The molecule has 0 aliphatic carbocycles. The van der Waals surface area contributed by atoms with E-state index in [1.807, 2.05) is 0 Å². The Morgan fingerprint density at radius 3 is 2.24 bits per heavy atom. The van der Waals surface area contributed by atoms with Gasteiger partial charge in [0.15, 0.2) is 0 Å². The molecule has 0 aliphatic rings. The normalized spacial score (nSPS) is 11.0. The predicted octanol–water partition coefficient (Wildman–Crippen LogP) is 1.97. The summed E-state index contributed by atoms with van der Waals surface area (Å²) >= 11 is 0. The van der Waals surface area contributed by atoms with Crippen molar-refractivity contribution < 1.29 is 27.4 Å². The molecule has 0 atom stereocenters. The maximum Gasteiger partial charge on any atom is 0.337 e. The van der Waals surface area contributed by atoms with Crippen LogP contribution in [0.3, 0.4) is 0 Å². The molecule has 0 fully saturated rings. The van der Waals surface area contributed by atoms with Crippen LogP contribution in [0.5, 0.6) is 11.5 Å². The SMILES string of the molecule is COC(=O)c1ccc(CNS(=O)(=O)c2cc(OC)ccc2OC)cc1. The fourth-order valence-electron chi connectivity index (χ4n) is 2.13. The monoisotopic (exact) mass is 365 g/mol. The molecule has 0 aliphatic heterocycles. The zero-order valence-electron chi connectivity index (χ0n) is 14.1. The molecule has 0 aromatic heterocycles. The van der Waals surface area contributed by atoms with Crippen LogP contribution in [-0.2, 0) is 21.3 Å². The van der Waals surface area contributed by atoms with Crippen LogP contribution in [0.2, 0.25) is 0 Å². The molecule has 2 aromatic carbocycles. The maximum atomic E-state index is 12.6. The number of esters is 1. The highest BCUT2D eigenvalue weighted by Gasteiger charge is 2.20. The van der Waals surface area contributed by atoms with Gasteiger partial charge in [0.25, 0.3) is 0 Å². The summed E-state index contributed by atoms with van der Waals surface area (Å²) in [6, 6.07) is 11.0. The molecule has 2 aromatic rings. The van der Waals surface area contributed by atoms with E-state index in [-0.39, 0.29) is 17.2 Å². The molecule has 0 saturated heterocycles. The van der Waals surface area contributed by atoms with Crippen LogP contribution < -0.4 is 14.2 Å². The van der Waals surface area contributed by atoms with E-state index in [1.165, 1.54) is 33.5 Å². The lowest BCUT2D eigenvalue weighted by Crippen LogP contribution is -2.23. The third kappa shape index (κ3) is 4.49. The van der Waals surface area contributed by atoms with E-state index < -0.39 is 16.0 Å². The number of methoxy groups -OCH3 is 3. The van der Waals surface area contributed by atoms with Crippen LogP contribution >= 0.6 is 0 Å². The molecule has 8 heteroatoms. The summed E-state index contributed by atoms with van der Waals surface area (Å²) < 4.78 is 42.4. The van der Waals surface area contributed by atoms with E-state index in [0.717, 1.165) is 0 Å². The second-order valence-corrected chi connectivity index (χ2v) is 6.77. The zero-order valence-corrected chi connectivity index (χ0v) is 14.9. The second kappa shape index (κ2) is 8.00. The fourth-order valence-corrected chi connectivity index (χ4v) is 3.33. The highest BCUT2D eigenvalue weighted by atomic mass is 32.2. The van der Waals surface area contributed by atoms with Crippen molar-refractivity contribution in [3.63, 3.8) is 0 Å². The number of sulfonamides is 1. The summed E-state index contributed by atoms with van der Waals surface area (Å²) in [6.45, 7) is 0.0597. The average molecular weight is 365 g/mol. The first-order valence-corrected chi connectivity index (χ1v) is 8.78. The third-order valence-corrected chi connectivity index (χ3v) is 4.92. The van der Waals surface area contributed by atoms with Gasteiger partial charge in [-0.25, -0.2) is 17.9 Å². The number of ether oxygens (including phenoxy) is 3. The van der Waals surface area contributed by atoms with Gasteiger partial charge in [-0.1, -0.05) is 12.1 Å². The Morgan fingerprint density at radius 2 is 1.68 bits per heavy atom. The first kappa shape index (κ1) is 18.8. The van der Waals surface area contributed by atoms with Gasteiger partial charge < -0.3 is 14.2 Å². The number of nitrogens with one attached hydrogen (secondary N) is 1. The molecule has 7 nitrogen and oxygen atoms in total. The number of rotatable bonds is 7. The summed E-state index contributed by atoms with van der Waals surface area (Å²) in [5, 5.41) is 0. The molecule has 0 unspecified atom stereocenters. The molecule has 134 valence electrons. The summed E-state index contributed by atoms with van der Waals surface area (Å²) in [5.74, 6) is 0.172. The number of carbonyl (C=O) groups is 1. The van der Waals surface area contributed by atoms with E-state index in [2.05, 4.69) is 9.46 Å². The van der Waals surface area contributed by atoms with E-state index >= 15 is 0 Å². The minimum atomic E-state index is -3.81. The van der Waals surface area contributed by atoms with E-state index in [0.29, 0.717) is 16.9 Å². The standard InChI is InChI=1S/C17H19NO6S/c1-22-14-8-9-15(23-2)16(10-14)25(20,21)18-11-12-4-6-13(7-5-12)17(19)24-3/h4-10,18H,11H2,1-3H3. The van der Waals surface area contributed by atoms with Crippen molar-refractivity contribution in [1.29, 1.82) is 0 Å². The number of benzene rings is 2. The van der Waals surface area contributed by atoms with Crippen molar-refractivity contribution in [2.24, 2.45) is 0 Å². The number of hydrogen-bond acceptors (Lipinski definition) is 6. The zero-order chi connectivity index (χ0) is 18.4. The van der Waals surface area contributed by atoms with Gasteiger partial charge in [-0.2, -0.15) is 0 Å². The van der Waals surface area contributed by atoms with E-state index in [1.54, 1.807) is 30.3 Å². The minimum absolute atomic E-state index is 0.0134. The Bertz CT molecular complexity index is 846. The third-order valence-electron chi connectivity index (χ3n) is 3.50. The Hall–Kier alpha value is -2.58. The molecule has 0 spiro atoms. The lowest BCUT2D eigenvalue weighted by atomic mass is 10.1. The summed E-state index contributed by atoms with van der Waals surface area (Å²) in [7, 11) is 0.334. The van der Waals surface area contributed by atoms with Crippen molar-refractivity contribution >= 4 is 16.0 Å².